The Morgan fingerprint density at radius 2 is 2.47 bits per heavy atom. The largest absolute Gasteiger partial charge is 0.472 e. The average Bonchev–Trinajstić information content (AvgIpc) is 2.87. The van der Waals surface area contributed by atoms with Gasteiger partial charge in [0.05, 0.1) is 31.0 Å². The van der Waals surface area contributed by atoms with Gasteiger partial charge in [0, 0.05) is 12.1 Å². The molecule has 0 saturated heterocycles. The molecule has 2 aromatic rings. The lowest BCUT2D eigenvalue weighted by molar-refractivity contribution is 0.558. The van der Waals surface area contributed by atoms with E-state index in [9.17, 15) is 0 Å². The van der Waals surface area contributed by atoms with Crippen LogP contribution in [0.5, 0.6) is 0 Å². The molecule has 0 aliphatic heterocycles. The Morgan fingerprint density at radius 1 is 1.53 bits per heavy atom. The van der Waals surface area contributed by atoms with Crippen molar-refractivity contribution in [2.24, 2.45) is 0 Å². The van der Waals surface area contributed by atoms with Crippen molar-refractivity contribution >= 4 is 0 Å². The first kappa shape index (κ1) is 9.92. The van der Waals surface area contributed by atoms with Gasteiger partial charge in [-0.15, -0.1) is 5.10 Å². The summed E-state index contributed by atoms with van der Waals surface area (Å²) < 4.78 is 6.79. The van der Waals surface area contributed by atoms with E-state index in [1.54, 1.807) is 17.2 Å². The first-order valence-electron chi connectivity index (χ1n) is 4.99. The summed E-state index contributed by atoms with van der Waals surface area (Å²) in [6.45, 7) is 4.47. The van der Waals surface area contributed by atoms with Gasteiger partial charge in [0.15, 0.2) is 0 Å². The maximum Gasteiger partial charge on any atom is 0.0964 e. The molecule has 0 aromatic carbocycles. The maximum absolute atomic E-state index is 4.98. The monoisotopic (exact) mass is 206 g/mol. The molecule has 5 nitrogen and oxygen atoms in total. The van der Waals surface area contributed by atoms with Crippen LogP contribution < -0.4 is 5.32 Å². The molecule has 0 aliphatic rings. The number of nitrogens with zero attached hydrogens (tertiary/aromatic N) is 3. The second kappa shape index (κ2) is 4.75. The van der Waals surface area contributed by atoms with Gasteiger partial charge in [-0.25, -0.2) is 4.68 Å². The number of hydrogen-bond acceptors (Lipinski definition) is 4. The highest BCUT2D eigenvalue weighted by Crippen LogP contribution is 2.02. The number of hydrogen-bond donors (Lipinski definition) is 1. The van der Waals surface area contributed by atoms with E-state index >= 15 is 0 Å². The van der Waals surface area contributed by atoms with Gasteiger partial charge in [-0.3, -0.25) is 0 Å². The summed E-state index contributed by atoms with van der Waals surface area (Å²) in [7, 11) is 0. The van der Waals surface area contributed by atoms with Gasteiger partial charge in [0.25, 0.3) is 0 Å². The summed E-state index contributed by atoms with van der Waals surface area (Å²) in [5.41, 5.74) is 2.05. The quantitative estimate of drug-likeness (QED) is 0.793. The van der Waals surface area contributed by atoms with Crippen LogP contribution in [0.1, 0.15) is 18.2 Å². The molecule has 0 spiro atoms. The molecule has 2 rings (SSSR count). The van der Waals surface area contributed by atoms with Crippen LogP contribution in [-0.2, 0) is 13.1 Å². The van der Waals surface area contributed by atoms with Gasteiger partial charge in [0.2, 0.25) is 0 Å². The smallest absolute Gasteiger partial charge is 0.0964 e. The molecule has 5 heteroatoms. The van der Waals surface area contributed by atoms with E-state index in [4.69, 9.17) is 4.42 Å². The van der Waals surface area contributed by atoms with E-state index in [2.05, 4.69) is 22.6 Å². The summed E-state index contributed by atoms with van der Waals surface area (Å²) >= 11 is 0. The zero-order valence-corrected chi connectivity index (χ0v) is 8.68. The van der Waals surface area contributed by atoms with E-state index < -0.39 is 0 Å². The summed E-state index contributed by atoms with van der Waals surface area (Å²) in [6, 6.07) is 1.92. The molecular weight excluding hydrogens is 192 g/mol. The molecule has 0 atom stereocenters. The average molecular weight is 206 g/mol. The van der Waals surface area contributed by atoms with Gasteiger partial charge in [-0.1, -0.05) is 12.1 Å². The molecule has 0 unspecified atom stereocenters. The Hall–Kier alpha value is -1.62. The van der Waals surface area contributed by atoms with Gasteiger partial charge >= 0.3 is 0 Å². The lowest BCUT2D eigenvalue weighted by atomic mass is 10.3. The predicted octanol–water partition coefficient (Wildman–Crippen LogP) is 1.03. The van der Waals surface area contributed by atoms with E-state index in [0.717, 1.165) is 24.3 Å². The lowest BCUT2D eigenvalue weighted by Crippen LogP contribution is -2.11. The number of aromatic nitrogens is 3. The topological polar surface area (TPSA) is 55.9 Å². The third-order valence-electron chi connectivity index (χ3n) is 2.07. The van der Waals surface area contributed by atoms with Gasteiger partial charge in [0.1, 0.15) is 0 Å². The van der Waals surface area contributed by atoms with Gasteiger partial charge in [-0.05, 0) is 12.6 Å². The molecular formula is C10H14N4O. The van der Waals surface area contributed by atoms with Crippen molar-refractivity contribution in [3.05, 3.63) is 36.0 Å². The van der Waals surface area contributed by atoms with Crippen LogP contribution in [0, 0.1) is 0 Å². The van der Waals surface area contributed by atoms with Crippen molar-refractivity contribution in [2.75, 3.05) is 6.54 Å². The highest BCUT2D eigenvalue weighted by atomic mass is 16.3. The van der Waals surface area contributed by atoms with Crippen LogP contribution in [0.25, 0.3) is 0 Å². The minimum atomic E-state index is 0.704. The van der Waals surface area contributed by atoms with Crippen LogP contribution in [0.2, 0.25) is 0 Å². The molecule has 2 heterocycles. The fourth-order valence-electron chi connectivity index (χ4n) is 1.32. The van der Waals surface area contributed by atoms with Crippen LogP contribution in [-0.4, -0.2) is 21.5 Å². The van der Waals surface area contributed by atoms with Crippen LogP contribution in [0.3, 0.4) is 0 Å². The molecule has 15 heavy (non-hydrogen) atoms. The summed E-state index contributed by atoms with van der Waals surface area (Å²) in [5, 5.41) is 11.3. The third kappa shape index (κ3) is 2.66. The van der Waals surface area contributed by atoms with Crippen LogP contribution >= 0.6 is 0 Å². The fourth-order valence-corrected chi connectivity index (χ4v) is 1.32. The van der Waals surface area contributed by atoms with E-state index in [1.165, 1.54) is 0 Å². The third-order valence-corrected chi connectivity index (χ3v) is 2.07. The Labute approximate surface area is 88.1 Å². The maximum atomic E-state index is 4.98. The molecule has 0 amide bonds. The highest BCUT2D eigenvalue weighted by Gasteiger charge is 2.01. The summed E-state index contributed by atoms with van der Waals surface area (Å²) in [4.78, 5) is 0. The molecule has 0 bridgehead atoms. The Balaban J connectivity index is 1.95. The number of nitrogens with one attached hydrogen (secondary N) is 1. The molecule has 80 valence electrons. The van der Waals surface area contributed by atoms with E-state index in [-0.39, 0.29) is 0 Å². The number of furan rings is 1. The highest BCUT2D eigenvalue weighted by molar-refractivity contribution is 5.06. The first-order chi connectivity index (χ1) is 7.38. The van der Waals surface area contributed by atoms with Crippen molar-refractivity contribution in [2.45, 2.75) is 20.0 Å². The zero-order valence-electron chi connectivity index (χ0n) is 8.68. The Bertz CT molecular complexity index is 393. The predicted molar refractivity (Wildman–Crippen MR) is 55.2 cm³/mol. The van der Waals surface area contributed by atoms with E-state index in [0.29, 0.717) is 6.54 Å². The van der Waals surface area contributed by atoms with Crippen molar-refractivity contribution in [3.8, 4) is 0 Å². The summed E-state index contributed by atoms with van der Waals surface area (Å²) in [5.74, 6) is 0. The number of rotatable bonds is 5. The Morgan fingerprint density at radius 3 is 3.20 bits per heavy atom. The molecule has 0 fully saturated rings. The second-order valence-electron chi connectivity index (χ2n) is 3.32. The van der Waals surface area contributed by atoms with Gasteiger partial charge < -0.3 is 9.73 Å². The van der Waals surface area contributed by atoms with Crippen molar-refractivity contribution < 1.29 is 4.42 Å². The normalized spacial score (nSPS) is 10.7. The minimum absolute atomic E-state index is 0.704. The minimum Gasteiger partial charge on any atom is -0.472 e. The second-order valence-corrected chi connectivity index (χ2v) is 3.32. The molecule has 2 aromatic heterocycles. The summed E-state index contributed by atoms with van der Waals surface area (Å²) in [6.07, 6.45) is 5.31. The van der Waals surface area contributed by atoms with Crippen molar-refractivity contribution in [1.29, 1.82) is 0 Å². The van der Waals surface area contributed by atoms with Crippen molar-refractivity contribution in [3.63, 3.8) is 0 Å². The van der Waals surface area contributed by atoms with Crippen LogP contribution in [0.4, 0.5) is 0 Å². The SMILES string of the molecule is CCNCc1cn(Cc2ccoc2)nn1. The zero-order chi connectivity index (χ0) is 10.5. The lowest BCUT2D eigenvalue weighted by Gasteiger charge is -1.95. The first-order valence-corrected chi connectivity index (χ1v) is 4.99. The molecule has 1 N–H and O–H groups in total. The van der Waals surface area contributed by atoms with E-state index in [1.807, 2.05) is 12.3 Å². The fraction of sp³-hybridized carbons (Fsp3) is 0.400. The standard InChI is InChI=1S/C10H14N4O/c1-2-11-5-10-7-14(13-12-10)6-9-3-4-15-8-9/h3-4,7-8,11H,2,5-6H2,1H3. The molecule has 0 aliphatic carbocycles. The Kier molecular flexibility index (Phi) is 3.14. The molecule has 0 radical (unpaired) electrons. The van der Waals surface area contributed by atoms with Gasteiger partial charge in [-0.2, -0.15) is 0 Å². The van der Waals surface area contributed by atoms with Crippen molar-refractivity contribution in [1.82, 2.24) is 20.3 Å². The van der Waals surface area contributed by atoms with Crippen LogP contribution in [0.15, 0.2) is 29.2 Å². The molecule has 0 saturated carbocycles.